The van der Waals surface area contributed by atoms with Crippen molar-refractivity contribution in [3.63, 3.8) is 0 Å². The summed E-state index contributed by atoms with van der Waals surface area (Å²) in [6.45, 7) is 21.0. The van der Waals surface area contributed by atoms with Crippen molar-refractivity contribution in [1.82, 2.24) is 0 Å². The van der Waals surface area contributed by atoms with E-state index >= 15 is 0 Å². The molecule has 5 heteroatoms. The number of allylic oxidation sites excluding steroid dienone is 8. The molecule has 0 saturated carbocycles. The molecule has 0 aromatic heterocycles. The summed E-state index contributed by atoms with van der Waals surface area (Å²) in [4.78, 5) is 5.21. The van der Waals surface area contributed by atoms with E-state index in [-0.39, 0.29) is 21.7 Å². The van der Waals surface area contributed by atoms with Crippen molar-refractivity contribution in [1.29, 1.82) is 0 Å². The number of rotatable bonds is 16. The Balaban J connectivity index is 0.879. The van der Waals surface area contributed by atoms with Gasteiger partial charge >= 0.3 is 0 Å². The largest absolute Gasteiger partial charge is 0.344 e. The maximum atomic E-state index is 2.65. The van der Waals surface area contributed by atoms with Gasteiger partial charge in [-0.2, -0.15) is 9.15 Å². The van der Waals surface area contributed by atoms with Crippen molar-refractivity contribution in [2.75, 3.05) is 34.6 Å². The molecule has 0 N–H and O–H groups in total. The molecule has 0 radical (unpaired) electrons. The van der Waals surface area contributed by atoms with Crippen LogP contribution in [0.5, 0.6) is 0 Å². The maximum absolute atomic E-state index is 2.65. The highest BCUT2D eigenvalue weighted by molar-refractivity contribution is 7.98. The van der Waals surface area contributed by atoms with Gasteiger partial charge in [0.05, 0.1) is 10.8 Å². The van der Waals surface area contributed by atoms with Crippen LogP contribution in [0, 0.1) is 0 Å². The van der Waals surface area contributed by atoms with Crippen molar-refractivity contribution in [2.24, 2.45) is 0 Å². The van der Waals surface area contributed by atoms with Crippen LogP contribution in [0.3, 0.4) is 0 Å². The monoisotopic (exact) mass is 1150 g/mol. The first-order valence-electron chi connectivity index (χ1n) is 31.8. The average Bonchev–Trinajstić information content (AvgIpc) is 1.72. The lowest BCUT2D eigenvalue weighted by atomic mass is 9.71. The number of hydrogen-bond acceptors (Lipinski definition) is 3. The van der Waals surface area contributed by atoms with Crippen molar-refractivity contribution in [2.45, 2.75) is 103 Å². The van der Waals surface area contributed by atoms with E-state index in [0.717, 1.165) is 50.5 Å². The molecular weight excluding hydrogens is 1070 g/mol. The highest BCUT2D eigenvalue weighted by atomic mass is 32.2. The van der Waals surface area contributed by atoms with Gasteiger partial charge < -0.3 is 9.80 Å². The summed E-state index contributed by atoms with van der Waals surface area (Å²) in [7, 11) is 0. The van der Waals surface area contributed by atoms with Crippen LogP contribution >= 0.6 is 11.8 Å². The second-order valence-electron chi connectivity index (χ2n) is 25.6. The second kappa shape index (κ2) is 22.3. The van der Waals surface area contributed by atoms with Crippen LogP contribution in [0.15, 0.2) is 254 Å². The Hall–Kier alpha value is -8.51. The molecule has 0 aliphatic carbocycles. The first-order chi connectivity index (χ1) is 42.5. The Morgan fingerprint density at radius 3 is 1.07 bits per heavy atom. The fourth-order valence-electron chi connectivity index (χ4n) is 16.4. The smallest absolute Gasteiger partial charge is 0.211 e. The minimum absolute atomic E-state index is 0.222. The van der Waals surface area contributed by atoms with Crippen LogP contribution in [0.4, 0.5) is 22.7 Å². The SMILES string of the molecule is CCN1/C(=C/C=C/C2=[N+](CSC[N+]3=C(/C=C/C=C4/N(CC)c5ccc6ccccc6c5C4(CC)Cc4ccccc4)C(C)(C)c4c3ccc3ccccc43)c3ccc4ccccc4c3C2(C)C)C(CC)(Cc2ccccc2)c2c1ccc1ccccc21. The molecule has 14 rings (SSSR count). The van der Waals surface area contributed by atoms with Gasteiger partial charge in [-0.1, -0.05) is 196 Å². The Morgan fingerprint density at radius 1 is 0.379 bits per heavy atom. The van der Waals surface area contributed by atoms with Crippen LogP contribution in [-0.4, -0.2) is 45.4 Å². The van der Waals surface area contributed by atoms with Gasteiger partial charge in [0.25, 0.3) is 0 Å². The van der Waals surface area contributed by atoms with E-state index < -0.39 is 0 Å². The van der Waals surface area contributed by atoms with Gasteiger partial charge in [0.15, 0.2) is 11.4 Å². The number of hydrogen-bond donors (Lipinski definition) is 0. The fourth-order valence-corrected chi connectivity index (χ4v) is 17.4. The molecule has 4 heterocycles. The number of likely N-dealkylation sites (N-methyl/N-ethyl adjacent to an activating group) is 2. The van der Waals surface area contributed by atoms with E-state index in [4.69, 9.17) is 0 Å². The molecule has 10 aromatic rings. The number of thioether (sulfide) groups is 1. The summed E-state index contributed by atoms with van der Waals surface area (Å²) in [5.74, 6) is 1.57. The van der Waals surface area contributed by atoms with Crippen LogP contribution in [0.1, 0.15) is 102 Å². The van der Waals surface area contributed by atoms with Crippen LogP contribution in [0.25, 0.3) is 43.1 Å². The second-order valence-corrected chi connectivity index (χ2v) is 26.5. The minimum Gasteiger partial charge on any atom is -0.344 e. The van der Waals surface area contributed by atoms with Crippen LogP contribution in [0.2, 0.25) is 0 Å². The first-order valence-corrected chi connectivity index (χ1v) is 33.0. The molecule has 2 unspecified atom stereocenters. The lowest BCUT2D eigenvalue weighted by Crippen LogP contribution is -2.33. The molecule has 0 amide bonds. The molecule has 0 saturated heterocycles. The molecule has 4 nitrogen and oxygen atoms in total. The summed E-state index contributed by atoms with van der Waals surface area (Å²) >= 11 is 2.01. The van der Waals surface area contributed by atoms with Gasteiger partial charge in [0.1, 0.15) is 0 Å². The van der Waals surface area contributed by atoms with Gasteiger partial charge in [-0.3, -0.25) is 0 Å². The minimum atomic E-state index is -0.279. The van der Waals surface area contributed by atoms with Crippen molar-refractivity contribution in [3.8, 4) is 0 Å². The predicted octanol–water partition coefficient (Wildman–Crippen LogP) is 20.1. The van der Waals surface area contributed by atoms with E-state index in [2.05, 4.69) is 317 Å². The van der Waals surface area contributed by atoms with E-state index in [1.54, 1.807) is 0 Å². The predicted molar refractivity (Wildman–Crippen MR) is 374 cm³/mol. The topological polar surface area (TPSA) is 12.5 Å². The average molecular weight is 1150 g/mol. The maximum Gasteiger partial charge on any atom is 0.211 e. The molecule has 0 fully saturated rings. The Morgan fingerprint density at radius 2 is 0.713 bits per heavy atom. The highest BCUT2D eigenvalue weighted by Crippen LogP contribution is 2.57. The first kappa shape index (κ1) is 56.3. The van der Waals surface area contributed by atoms with Gasteiger partial charge in [-0.25, -0.2) is 0 Å². The normalized spacial score (nSPS) is 20.2. The third-order valence-corrected chi connectivity index (χ3v) is 21.3. The van der Waals surface area contributed by atoms with Gasteiger partial charge in [-0.05, 0) is 181 Å². The zero-order chi connectivity index (χ0) is 59.7. The van der Waals surface area contributed by atoms with Crippen LogP contribution in [-0.2, 0) is 34.5 Å². The molecule has 0 spiro atoms. The summed E-state index contributed by atoms with van der Waals surface area (Å²) < 4.78 is 5.29. The third kappa shape index (κ3) is 9.00. The lowest BCUT2D eigenvalue weighted by Gasteiger charge is -2.33. The number of fused-ring (bicyclic) bond motifs is 12. The number of nitrogens with zero attached hydrogens (tertiary/aromatic N) is 4. The third-order valence-electron chi connectivity index (χ3n) is 20.4. The summed E-state index contributed by atoms with van der Waals surface area (Å²) in [5, 5.41) is 10.5. The molecule has 4 aliphatic rings. The molecule has 10 aromatic carbocycles. The fraction of sp³-hybridized carbons (Fsp3) is 0.244. The number of anilines is 2. The number of benzene rings is 10. The molecule has 4 aliphatic heterocycles. The molecule has 432 valence electrons. The molecule has 87 heavy (non-hydrogen) atoms. The van der Waals surface area contributed by atoms with Crippen molar-refractivity contribution >= 4 is 89.0 Å². The summed E-state index contributed by atoms with van der Waals surface area (Å²) in [6.07, 6.45) is 18.5. The molecule has 2 atom stereocenters. The van der Waals surface area contributed by atoms with E-state index in [1.807, 2.05) is 11.8 Å². The molecular formula is C82H80N4S+2. The van der Waals surface area contributed by atoms with Crippen LogP contribution < -0.4 is 9.80 Å². The summed E-state index contributed by atoms with van der Waals surface area (Å²) in [6, 6.07) is 77.3. The van der Waals surface area contributed by atoms with E-state index in [0.29, 0.717) is 0 Å². The van der Waals surface area contributed by atoms with Crippen molar-refractivity contribution < 1.29 is 9.15 Å². The quantitative estimate of drug-likeness (QED) is 0.0895. The van der Waals surface area contributed by atoms with Gasteiger partial charge in [0.2, 0.25) is 23.1 Å². The Bertz CT molecular complexity index is 4270. The van der Waals surface area contributed by atoms with E-state index in [1.165, 1.54) is 122 Å². The summed E-state index contributed by atoms with van der Waals surface area (Å²) in [5.41, 5.74) is 18.1. The highest BCUT2D eigenvalue weighted by Gasteiger charge is 2.51. The lowest BCUT2D eigenvalue weighted by molar-refractivity contribution is -0.423. The van der Waals surface area contributed by atoms with Crippen molar-refractivity contribution in [3.05, 3.63) is 287 Å². The van der Waals surface area contributed by atoms with Gasteiger partial charge in [0, 0.05) is 82.1 Å². The zero-order valence-electron chi connectivity index (χ0n) is 51.9. The standard InChI is InChI=1S/C82H80N4S/c1-9-81(53-57-29-15-13-16-30-57)73(83(11-3)69-51-47-61-35-21-25-39-65(61)77(69)81)43-27-41-71-79(5,6)75-63-37-23-19-33-59(63)45-49-67(75)85(71)55-87-56-86-68-50-46-60-34-20-24-38-64(60)76(68)80(7,8)72(86)42-28-44-74-82(10-2,54-58-31-17-14-18-32-58)78-66-40-26-22-36-62(66)48-52-70(78)84(74)12-4/h13-52H,9-12,53-56H2,1-8H3/q+2. The molecule has 0 bridgehead atoms. The Labute approximate surface area is 519 Å². The van der Waals surface area contributed by atoms with E-state index in [9.17, 15) is 0 Å². The van der Waals surface area contributed by atoms with Gasteiger partial charge in [-0.15, -0.1) is 0 Å². The Kier molecular flexibility index (Phi) is 14.5. The zero-order valence-corrected chi connectivity index (χ0v) is 52.8.